The van der Waals surface area contributed by atoms with E-state index in [1.54, 1.807) is 0 Å². The third-order valence-electron chi connectivity index (χ3n) is 2.37. The number of nitrogens with zero attached hydrogens (tertiary/aromatic N) is 1. The van der Waals surface area contributed by atoms with E-state index in [4.69, 9.17) is 0 Å². The Bertz CT molecular complexity index is 159. The zero-order valence-corrected chi connectivity index (χ0v) is 7.97. The Labute approximate surface area is 74.1 Å². The van der Waals surface area contributed by atoms with Crippen molar-refractivity contribution in [2.24, 2.45) is 0 Å². The van der Waals surface area contributed by atoms with Crippen molar-refractivity contribution in [1.29, 1.82) is 0 Å². The van der Waals surface area contributed by atoms with E-state index in [2.05, 4.69) is 5.32 Å². The molecule has 0 unspecified atom stereocenters. The second kappa shape index (κ2) is 4.45. The van der Waals surface area contributed by atoms with Crippen molar-refractivity contribution in [1.82, 2.24) is 10.2 Å². The molecule has 1 heterocycles. The highest BCUT2D eigenvalue weighted by atomic mass is 16.2. The van der Waals surface area contributed by atoms with E-state index >= 15 is 0 Å². The zero-order valence-electron chi connectivity index (χ0n) is 7.97. The van der Waals surface area contributed by atoms with E-state index in [1.165, 1.54) is 0 Å². The first kappa shape index (κ1) is 9.52. The molecule has 1 rings (SSSR count). The Morgan fingerprint density at radius 2 is 2.42 bits per heavy atom. The molecule has 1 aliphatic heterocycles. The van der Waals surface area contributed by atoms with Crippen molar-refractivity contribution in [3.8, 4) is 0 Å². The van der Waals surface area contributed by atoms with Gasteiger partial charge in [-0.1, -0.05) is 6.92 Å². The van der Waals surface area contributed by atoms with Crippen molar-refractivity contribution in [3.05, 3.63) is 0 Å². The third kappa shape index (κ3) is 1.97. The van der Waals surface area contributed by atoms with E-state index in [0.717, 1.165) is 25.8 Å². The lowest BCUT2D eigenvalue weighted by atomic mass is 10.3. The summed E-state index contributed by atoms with van der Waals surface area (Å²) in [7, 11) is 1.92. The Balaban J connectivity index is 2.43. The van der Waals surface area contributed by atoms with Crippen LogP contribution in [-0.4, -0.2) is 30.6 Å². The molecule has 0 aromatic heterocycles. The molecule has 3 heteroatoms. The van der Waals surface area contributed by atoms with Crippen LogP contribution in [0.2, 0.25) is 0 Å². The van der Waals surface area contributed by atoms with Crippen LogP contribution in [0.25, 0.3) is 0 Å². The van der Waals surface area contributed by atoms with Crippen LogP contribution in [0.3, 0.4) is 0 Å². The molecule has 1 saturated heterocycles. The summed E-state index contributed by atoms with van der Waals surface area (Å²) in [4.78, 5) is 13.5. The average Bonchev–Trinajstić information content (AvgIpc) is 2.51. The molecule has 1 atom stereocenters. The van der Waals surface area contributed by atoms with Gasteiger partial charge in [0.2, 0.25) is 5.91 Å². The number of carbonyl (C=O) groups is 1. The Morgan fingerprint density at radius 3 is 3.00 bits per heavy atom. The van der Waals surface area contributed by atoms with Crippen molar-refractivity contribution in [2.45, 2.75) is 38.8 Å². The van der Waals surface area contributed by atoms with Gasteiger partial charge in [0, 0.05) is 13.0 Å². The second-order valence-corrected chi connectivity index (χ2v) is 3.28. The van der Waals surface area contributed by atoms with E-state index in [0.29, 0.717) is 18.5 Å². The molecule has 1 aliphatic rings. The summed E-state index contributed by atoms with van der Waals surface area (Å²) in [5.41, 5.74) is 0. The van der Waals surface area contributed by atoms with Gasteiger partial charge < -0.3 is 10.2 Å². The fraction of sp³-hybridized carbons (Fsp3) is 0.889. The first-order valence-corrected chi connectivity index (χ1v) is 4.76. The van der Waals surface area contributed by atoms with Crippen LogP contribution >= 0.6 is 0 Å². The lowest BCUT2D eigenvalue weighted by molar-refractivity contribution is -0.132. The molecular weight excluding hydrogens is 152 g/mol. The fourth-order valence-corrected chi connectivity index (χ4v) is 1.72. The molecule has 70 valence electrons. The van der Waals surface area contributed by atoms with E-state index in [1.807, 2.05) is 18.9 Å². The van der Waals surface area contributed by atoms with Gasteiger partial charge in [-0.2, -0.15) is 0 Å². The topological polar surface area (TPSA) is 32.3 Å². The summed E-state index contributed by atoms with van der Waals surface area (Å²) < 4.78 is 0. The number of carbonyl (C=O) groups excluding carboxylic acids is 1. The maximum absolute atomic E-state index is 11.5. The van der Waals surface area contributed by atoms with Crippen molar-refractivity contribution >= 4 is 5.91 Å². The first-order valence-electron chi connectivity index (χ1n) is 4.76. The number of nitrogens with one attached hydrogen (secondary N) is 1. The molecule has 0 aliphatic carbocycles. The van der Waals surface area contributed by atoms with Crippen LogP contribution in [0.5, 0.6) is 0 Å². The monoisotopic (exact) mass is 170 g/mol. The predicted molar refractivity (Wildman–Crippen MR) is 48.7 cm³/mol. The van der Waals surface area contributed by atoms with Crippen LogP contribution in [0, 0.1) is 0 Å². The van der Waals surface area contributed by atoms with Gasteiger partial charge in [0.05, 0.1) is 6.17 Å². The lowest BCUT2D eigenvalue weighted by Gasteiger charge is -2.23. The summed E-state index contributed by atoms with van der Waals surface area (Å²) in [6, 6.07) is 0. The number of likely N-dealkylation sites (tertiary alicyclic amines) is 1. The van der Waals surface area contributed by atoms with Crippen LogP contribution < -0.4 is 5.32 Å². The third-order valence-corrected chi connectivity index (χ3v) is 2.37. The van der Waals surface area contributed by atoms with Gasteiger partial charge in [-0.15, -0.1) is 0 Å². The Kier molecular flexibility index (Phi) is 3.53. The Morgan fingerprint density at radius 1 is 1.67 bits per heavy atom. The molecule has 0 radical (unpaired) electrons. The highest BCUT2D eigenvalue weighted by Gasteiger charge is 2.26. The maximum atomic E-state index is 11.5. The molecular formula is C9H18N2O. The average molecular weight is 170 g/mol. The van der Waals surface area contributed by atoms with Crippen LogP contribution in [-0.2, 0) is 4.79 Å². The largest absolute Gasteiger partial charge is 0.327 e. The van der Waals surface area contributed by atoms with Crippen LogP contribution in [0.1, 0.15) is 32.6 Å². The SMILES string of the molecule is CCCC(=O)N1CCC[C@H]1NC. The molecule has 3 nitrogen and oxygen atoms in total. The van der Waals surface area contributed by atoms with Crippen molar-refractivity contribution < 1.29 is 4.79 Å². The minimum absolute atomic E-state index is 0.295. The molecule has 0 aromatic carbocycles. The number of amides is 1. The maximum Gasteiger partial charge on any atom is 0.223 e. The molecule has 0 bridgehead atoms. The Hall–Kier alpha value is -0.570. The fourth-order valence-electron chi connectivity index (χ4n) is 1.72. The van der Waals surface area contributed by atoms with Gasteiger partial charge >= 0.3 is 0 Å². The standard InChI is InChI=1S/C9H18N2O/c1-3-5-9(12)11-7-4-6-8(11)10-2/h8,10H,3-7H2,1-2H3/t8-/m0/s1. The first-order chi connectivity index (χ1) is 5.79. The summed E-state index contributed by atoms with van der Waals surface area (Å²) in [5.74, 6) is 0.300. The van der Waals surface area contributed by atoms with Crippen molar-refractivity contribution in [3.63, 3.8) is 0 Å². The molecule has 12 heavy (non-hydrogen) atoms. The van der Waals surface area contributed by atoms with Gasteiger partial charge in [0.1, 0.15) is 0 Å². The number of hydrogen-bond donors (Lipinski definition) is 1. The molecule has 0 saturated carbocycles. The minimum Gasteiger partial charge on any atom is -0.327 e. The minimum atomic E-state index is 0.295. The van der Waals surface area contributed by atoms with Gasteiger partial charge in [0.25, 0.3) is 0 Å². The second-order valence-electron chi connectivity index (χ2n) is 3.28. The molecule has 0 spiro atoms. The molecule has 1 amide bonds. The number of hydrogen-bond acceptors (Lipinski definition) is 2. The van der Waals surface area contributed by atoms with Crippen LogP contribution in [0.4, 0.5) is 0 Å². The molecule has 1 fully saturated rings. The van der Waals surface area contributed by atoms with E-state index in [-0.39, 0.29) is 0 Å². The summed E-state index contributed by atoms with van der Waals surface area (Å²) in [5, 5.41) is 3.16. The smallest absolute Gasteiger partial charge is 0.223 e. The van der Waals surface area contributed by atoms with E-state index < -0.39 is 0 Å². The highest BCUT2D eigenvalue weighted by Crippen LogP contribution is 2.15. The summed E-state index contributed by atoms with van der Waals surface area (Å²) in [6.07, 6.45) is 4.18. The predicted octanol–water partition coefficient (Wildman–Crippen LogP) is 0.954. The van der Waals surface area contributed by atoms with Gasteiger partial charge in [-0.3, -0.25) is 4.79 Å². The van der Waals surface area contributed by atoms with Gasteiger partial charge in [-0.25, -0.2) is 0 Å². The van der Waals surface area contributed by atoms with Gasteiger partial charge in [-0.05, 0) is 26.3 Å². The number of rotatable bonds is 3. The molecule has 0 aromatic rings. The van der Waals surface area contributed by atoms with Crippen molar-refractivity contribution in [2.75, 3.05) is 13.6 Å². The highest BCUT2D eigenvalue weighted by molar-refractivity contribution is 5.76. The lowest BCUT2D eigenvalue weighted by Crippen LogP contribution is -2.42. The normalized spacial score (nSPS) is 23.2. The quantitative estimate of drug-likeness (QED) is 0.684. The zero-order chi connectivity index (χ0) is 8.97. The van der Waals surface area contributed by atoms with E-state index in [9.17, 15) is 4.79 Å². The van der Waals surface area contributed by atoms with Crippen LogP contribution in [0.15, 0.2) is 0 Å². The summed E-state index contributed by atoms with van der Waals surface area (Å²) in [6.45, 7) is 2.98. The molecule has 1 N–H and O–H groups in total. The van der Waals surface area contributed by atoms with Gasteiger partial charge in [0.15, 0.2) is 0 Å². The summed E-state index contributed by atoms with van der Waals surface area (Å²) >= 11 is 0.